The molecule has 1 amide bonds. The van der Waals surface area contributed by atoms with Crippen molar-refractivity contribution in [1.29, 1.82) is 0 Å². The van der Waals surface area contributed by atoms with E-state index < -0.39 is 0 Å². The second kappa shape index (κ2) is 6.23. The molecule has 3 rings (SSSR count). The molecule has 0 bridgehead atoms. The lowest BCUT2D eigenvalue weighted by Gasteiger charge is -2.33. The summed E-state index contributed by atoms with van der Waals surface area (Å²) in [4.78, 5) is 14.5. The highest BCUT2D eigenvalue weighted by atomic mass is 16.3. The van der Waals surface area contributed by atoms with Crippen LogP contribution in [-0.4, -0.2) is 34.8 Å². The monoisotopic (exact) mass is 303 g/mol. The molecule has 0 spiro atoms. The van der Waals surface area contributed by atoms with Gasteiger partial charge in [0, 0.05) is 32.4 Å². The predicted molar refractivity (Wildman–Crippen MR) is 82.5 cm³/mol. The van der Waals surface area contributed by atoms with E-state index >= 15 is 0 Å². The van der Waals surface area contributed by atoms with E-state index in [0.29, 0.717) is 17.9 Å². The van der Waals surface area contributed by atoms with Crippen molar-refractivity contribution in [2.45, 2.75) is 25.4 Å². The van der Waals surface area contributed by atoms with Gasteiger partial charge in [-0.3, -0.25) is 9.48 Å². The van der Waals surface area contributed by atoms with E-state index in [1.165, 1.54) is 6.26 Å². The van der Waals surface area contributed by atoms with Gasteiger partial charge in [-0.1, -0.05) is 0 Å². The van der Waals surface area contributed by atoms with E-state index in [2.05, 4.69) is 15.3 Å². The highest BCUT2D eigenvalue weighted by molar-refractivity contribution is 5.94. The quantitative estimate of drug-likeness (QED) is 0.875. The number of nitrogens with one attached hydrogen (secondary N) is 1. The van der Waals surface area contributed by atoms with E-state index in [-0.39, 0.29) is 11.9 Å². The Balaban J connectivity index is 1.61. The molecule has 0 aromatic carbocycles. The summed E-state index contributed by atoms with van der Waals surface area (Å²) >= 11 is 0. The molecule has 1 unspecified atom stereocenters. The minimum atomic E-state index is -0.110. The summed E-state index contributed by atoms with van der Waals surface area (Å²) in [6.45, 7) is 2.08. The Labute approximate surface area is 129 Å². The standard InChI is InChI=1S/C15H21N5O2/c1-19-9-13(7-17-19)20-4-2-3-12(8-20)18-15(21)11-5-14(6-16)22-10-11/h5,7,9-10,12H,2-4,6,8,16H2,1H3,(H,18,21). The molecule has 3 N–H and O–H groups in total. The number of aromatic nitrogens is 2. The molecule has 0 radical (unpaired) electrons. The van der Waals surface area contributed by atoms with E-state index in [9.17, 15) is 4.79 Å². The van der Waals surface area contributed by atoms with Crippen LogP contribution < -0.4 is 16.0 Å². The van der Waals surface area contributed by atoms with Crippen molar-refractivity contribution >= 4 is 11.6 Å². The molecule has 0 aliphatic carbocycles. The van der Waals surface area contributed by atoms with Crippen LogP contribution in [-0.2, 0) is 13.6 Å². The second-order valence-electron chi connectivity index (χ2n) is 5.64. The molecule has 22 heavy (non-hydrogen) atoms. The molecular weight excluding hydrogens is 282 g/mol. The van der Waals surface area contributed by atoms with E-state index in [4.69, 9.17) is 10.2 Å². The Kier molecular flexibility index (Phi) is 4.15. The molecule has 7 nitrogen and oxygen atoms in total. The summed E-state index contributed by atoms with van der Waals surface area (Å²) in [7, 11) is 1.90. The van der Waals surface area contributed by atoms with Gasteiger partial charge >= 0.3 is 0 Å². The maximum atomic E-state index is 12.2. The van der Waals surface area contributed by atoms with Crippen molar-refractivity contribution in [1.82, 2.24) is 15.1 Å². The van der Waals surface area contributed by atoms with Gasteiger partial charge in [0.05, 0.1) is 24.0 Å². The molecule has 1 fully saturated rings. The third-order valence-corrected chi connectivity index (χ3v) is 3.93. The maximum Gasteiger partial charge on any atom is 0.254 e. The van der Waals surface area contributed by atoms with Gasteiger partial charge in [-0.15, -0.1) is 0 Å². The second-order valence-corrected chi connectivity index (χ2v) is 5.64. The van der Waals surface area contributed by atoms with E-state index in [0.717, 1.165) is 31.6 Å². The van der Waals surface area contributed by atoms with Crippen molar-refractivity contribution in [3.63, 3.8) is 0 Å². The van der Waals surface area contributed by atoms with Gasteiger partial charge in [0.15, 0.2) is 0 Å². The molecule has 1 aliphatic heterocycles. The number of rotatable bonds is 4. The van der Waals surface area contributed by atoms with E-state index in [1.807, 2.05) is 19.4 Å². The summed E-state index contributed by atoms with van der Waals surface area (Å²) in [5, 5.41) is 7.27. The summed E-state index contributed by atoms with van der Waals surface area (Å²) in [6, 6.07) is 1.81. The van der Waals surface area contributed by atoms with Crippen LogP contribution in [0.25, 0.3) is 0 Å². The van der Waals surface area contributed by atoms with Gasteiger partial charge in [0.25, 0.3) is 5.91 Å². The molecule has 2 aromatic heterocycles. The molecule has 2 aromatic rings. The highest BCUT2D eigenvalue weighted by Gasteiger charge is 2.23. The minimum Gasteiger partial charge on any atom is -0.467 e. The number of carbonyl (C=O) groups is 1. The third kappa shape index (κ3) is 3.14. The van der Waals surface area contributed by atoms with Gasteiger partial charge in [-0.25, -0.2) is 0 Å². The number of aryl methyl sites for hydroxylation is 1. The Morgan fingerprint density at radius 3 is 3.14 bits per heavy atom. The zero-order chi connectivity index (χ0) is 15.5. The Bertz CT molecular complexity index is 648. The van der Waals surface area contributed by atoms with Gasteiger partial charge in [0.1, 0.15) is 12.0 Å². The number of hydrogen-bond donors (Lipinski definition) is 2. The minimum absolute atomic E-state index is 0.110. The number of furan rings is 1. The maximum absolute atomic E-state index is 12.2. The van der Waals surface area contributed by atoms with Gasteiger partial charge in [-0.05, 0) is 18.9 Å². The van der Waals surface area contributed by atoms with Crippen LogP contribution in [0.3, 0.4) is 0 Å². The van der Waals surface area contributed by atoms with E-state index in [1.54, 1.807) is 10.7 Å². The zero-order valence-corrected chi connectivity index (χ0v) is 12.7. The molecule has 0 saturated carbocycles. The highest BCUT2D eigenvalue weighted by Crippen LogP contribution is 2.19. The van der Waals surface area contributed by atoms with Gasteiger partial charge < -0.3 is 20.4 Å². The van der Waals surface area contributed by atoms with Crippen LogP contribution in [0.15, 0.2) is 29.1 Å². The van der Waals surface area contributed by atoms with Crippen LogP contribution in [0.4, 0.5) is 5.69 Å². The largest absolute Gasteiger partial charge is 0.467 e. The molecule has 118 valence electrons. The lowest BCUT2D eigenvalue weighted by atomic mass is 10.0. The number of piperidine rings is 1. The zero-order valence-electron chi connectivity index (χ0n) is 12.7. The van der Waals surface area contributed by atoms with Gasteiger partial charge in [0.2, 0.25) is 0 Å². The topological polar surface area (TPSA) is 89.3 Å². The normalized spacial score (nSPS) is 18.5. The predicted octanol–water partition coefficient (Wildman–Crippen LogP) is 0.871. The smallest absolute Gasteiger partial charge is 0.254 e. The number of nitrogens with zero attached hydrogens (tertiary/aromatic N) is 3. The van der Waals surface area contributed by atoms with Crippen LogP contribution in [0.1, 0.15) is 29.0 Å². The fourth-order valence-electron chi connectivity index (χ4n) is 2.78. The summed E-state index contributed by atoms with van der Waals surface area (Å²) in [6.07, 6.45) is 7.32. The Morgan fingerprint density at radius 1 is 1.59 bits per heavy atom. The molecule has 3 heterocycles. The number of amides is 1. The average Bonchev–Trinajstić information content (AvgIpc) is 3.16. The third-order valence-electron chi connectivity index (χ3n) is 3.93. The van der Waals surface area contributed by atoms with Gasteiger partial charge in [-0.2, -0.15) is 5.10 Å². The number of anilines is 1. The molecule has 7 heteroatoms. The first-order chi connectivity index (χ1) is 10.7. The summed E-state index contributed by atoms with van der Waals surface area (Å²) in [5.74, 6) is 0.507. The Morgan fingerprint density at radius 2 is 2.45 bits per heavy atom. The average molecular weight is 303 g/mol. The summed E-state index contributed by atoms with van der Waals surface area (Å²) in [5.41, 5.74) is 7.11. The van der Waals surface area contributed by atoms with Crippen LogP contribution in [0.5, 0.6) is 0 Å². The van der Waals surface area contributed by atoms with Crippen molar-refractivity contribution in [2.75, 3.05) is 18.0 Å². The van der Waals surface area contributed by atoms with Crippen molar-refractivity contribution < 1.29 is 9.21 Å². The first-order valence-electron chi connectivity index (χ1n) is 7.47. The van der Waals surface area contributed by atoms with Crippen molar-refractivity contribution in [3.8, 4) is 0 Å². The van der Waals surface area contributed by atoms with Crippen LogP contribution >= 0.6 is 0 Å². The lowest BCUT2D eigenvalue weighted by molar-refractivity contribution is 0.0932. The first-order valence-corrected chi connectivity index (χ1v) is 7.47. The summed E-state index contributed by atoms with van der Waals surface area (Å²) < 4.78 is 7.00. The number of nitrogens with two attached hydrogens (primary N) is 1. The SMILES string of the molecule is Cn1cc(N2CCCC(NC(=O)c3coc(CN)c3)C2)cn1. The number of hydrogen-bond acceptors (Lipinski definition) is 5. The fourth-order valence-corrected chi connectivity index (χ4v) is 2.78. The van der Waals surface area contributed by atoms with Crippen molar-refractivity contribution in [3.05, 3.63) is 36.0 Å². The Hall–Kier alpha value is -2.28. The van der Waals surface area contributed by atoms with Crippen LogP contribution in [0.2, 0.25) is 0 Å². The fraction of sp³-hybridized carbons (Fsp3) is 0.467. The van der Waals surface area contributed by atoms with Crippen LogP contribution in [0, 0.1) is 0 Å². The molecular formula is C15H21N5O2. The molecule has 1 atom stereocenters. The van der Waals surface area contributed by atoms with Crippen molar-refractivity contribution in [2.24, 2.45) is 12.8 Å². The number of carbonyl (C=O) groups excluding carboxylic acids is 1. The first kappa shape index (κ1) is 14.6. The molecule has 1 saturated heterocycles. The molecule has 1 aliphatic rings. The lowest BCUT2D eigenvalue weighted by Crippen LogP contribution is -2.47.